The van der Waals surface area contributed by atoms with Crippen molar-refractivity contribution in [3.05, 3.63) is 29.3 Å². The summed E-state index contributed by atoms with van der Waals surface area (Å²) in [5, 5.41) is 7.90. The van der Waals surface area contributed by atoms with Crippen molar-refractivity contribution in [2.75, 3.05) is 19.7 Å². The van der Waals surface area contributed by atoms with Gasteiger partial charge in [-0.05, 0) is 52.2 Å². The molecule has 1 saturated heterocycles. The molecule has 214 valence electrons. The molecule has 1 aromatic carbocycles. The van der Waals surface area contributed by atoms with Gasteiger partial charge in [-0.25, -0.2) is 4.79 Å². The Labute approximate surface area is 229 Å². The van der Waals surface area contributed by atoms with Gasteiger partial charge in [-0.3, -0.25) is 24.5 Å². The predicted molar refractivity (Wildman–Crippen MR) is 143 cm³/mol. The van der Waals surface area contributed by atoms with Crippen LogP contribution < -0.4 is 20.7 Å². The molecular weight excluding hydrogens is 504 g/mol. The van der Waals surface area contributed by atoms with Crippen LogP contribution in [0.25, 0.3) is 0 Å². The van der Waals surface area contributed by atoms with E-state index in [2.05, 4.69) is 16.0 Å². The molecule has 1 atom stereocenters. The van der Waals surface area contributed by atoms with E-state index in [1.807, 2.05) is 20.8 Å². The number of carbonyl (C=O) groups excluding carboxylic acids is 5. The minimum Gasteiger partial charge on any atom is -0.483 e. The van der Waals surface area contributed by atoms with Gasteiger partial charge in [0.2, 0.25) is 11.8 Å². The Morgan fingerprint density at radius 2 is 1.67 bits per heavy atom. The number of piperidine rings is 1. The van der Waals surface area contributed by atoms with Crippen molar-refractivity contribution >= 4 is 29.7 Å². The van der Waals surface area contributed by atoms with Gasteiger partial charge in [0.1, 0.15) is 17.4 Å². The van der Waals surface area contributed by atoms with Gasteiger partial charge in [0.25, 0.3) is 11.8 Å². The summed E-state index contributed by atoms with van der Waals surface area (Å²) in [6, 6.07) is 4.36. The molecule has 11 heteroatoms. The number of amides is 5. The summed E-state index contributed by atoms with van der Waals surface area (Å²) in [5.74, 6) is -0.891. The van der Waals surface area contributed by atoms with Crippen molar-refractivity contribution < 1.29 is 33.4 Å². The lowest BCUT2D eigenvalue weighted by atomic mass is 10.0. The second-order valence-electron chi connectivity index (χ2n) is 10.9. The number of ether oxygens (including phenoxy) is 2. The molecular formula is C28H40N4O7. The van der Waals surface area contributed by atoms with Crippen LogP contribution in [0.5, 0.6) is 5.75 Å². The predicted octanol–water partition coefficient (Wildman–Crippen LogP) is 2.81. The van der Waals surface area contributed by atoms with Crippen molar-refractivity contribution in [1.29, 1.82) is 0 Å². The zero-order valence-electron chi connectivity index (χ0n) is 23.1. The Morgan fingerprint density at radius 3 is 2.33 bits per heavy atom. The molecule has 2 heterocycles. The van der Waals surface area contributed by atoms with Crippen LogP contribution in [0.1, 0.15) is 88.1 Å². The van der Waals surface area contributed by atoms with E-state index in [-0.39, 0.29) is 49.8 Å². The molecule has 11 nitrogen and oxygen atoms in total. The summed E-state index contributed by atoms with van der Waals surface area (Å²) in [7, 11) is 0. The van der Waals surface area contributed by atoms with Gasteiger partial charge < -0.3 is 25.0 Å². The fourth-order valence-corrected chi connectivity index (χ4v) is 4.58. The number of fused-ring (bicyclic) bond motifs is 1. The Kier molecular flexibility index (Phi) is 10.7. The van der Waals surface area contributed by atoms with E-state index in [1.54, 1.807) is 18.2 Å². The molecule has 1 unspecified atom stereocenters. The van der Waals surface area contributed by atoms with Crippen molar-refractivity contribution in [1.82, 2.24) is 20.9 Å². The summed E-state index contributed by atoms with van der Waals surface area (Å²) in [6.07, 6.45) is 5.95. The Bertz CT molecular complexity index is 1070. The number of hydrogen-bond donors (Lipinski definition) is 3. The standard InChI is InChI=1S/C28H40N4O7/c1-28(2,3)39-27(37)30-16-9-7-5-4-6-8-15-29-24(34)18-38-22-12-10-11-19-20(22)17-32(26(19)36)21-13-14-23(33)31-25(21)35/h10-12,21H,4-9,13-18H2,1-3H3,(H,29,34)(H,30,37)(H,31,33,35). The first-order chi connectivity index (χ1) is 18.5. The quantitative estimate of drug-likeness (QED) is 0.256. The Balaban J connectivity index is 1.28. The van der Waals surface area contributed by atoms with Crippen LogP contribution in [0.4, 0.5) is 4.79 Å². The van der Waals surface area contributed by atoms with Gasteiger partial charge in [-0.1, -0.05) is 31.7 Å². The zero-order valence-corrected chi connectivity index (χ0v) is 23.1. The van der Waals surface area contributed by atoms with Crippen LogP contribution in [-0.4, -0.2) is 66.0 Å². The lowest BCUT2D eigenvalue weighted by molar-refractivity contribution is -0.137. The van der Waals surface area contributed by atoms with E-state index in [9.17, 15) is 24.0 Å². The highest BCUT2D eigenvalue weighted by Crippen LogP contribution is 2.33. The first kappa shape index (κ1) is 29.9. The molecule has 0 bridgehead atoms. The average Bonchev–Trinajstić information content (AvgIpc) is 3.19. The van der Waals surface area contributed by atoms with E-state index >= 15 is 0 Å². The van der Waals surface area contributed by atoms with Gasteiger partial charge >= 0.3 is 6.09 Å². The van der Waals surface area contributed by atoms with Crippen LogP contribution in [0.3, 0.4) is 0 Å². The summed E-state index contributed by atoms with van der Waals surface area (Å²) in [6.45, 7) is 6.67. The third-order valence-electron chi connectivity index (χ3n) is 6.49. The van der Waals surface area contributed by atoms with E-state index in [1.165, 1.54) is 4.90 Å². The lowest BCUT2D eigenvalue weighted by Gasteiger charge is -2.29. The fraction of sp³-hybridized carbons (Fsp3) is 0.607. The molecule has 1 aromatic rings. The highest BCUT2D eigenvalue weighted by Gasteiger charge is 2.40. The van der Waals surface area contributed by atoms with Gasteiger partial charge in [0.05, 0.1) is 6.54 Å². The molecule has 0 aliphatic carbocycles. The normalized spacial score (nSPS) is 16.9. The first-order valence-corrected chi connectivity index (χ1v) is 13.7. The number of carbonyl (C=O) groups is 5. The molecule has 3 N–H and O–H groups in total. The number of nitrogens with one attached hydrogen (secondary N) is 3. The molecule has 5 amide bonds. The monoisotopic (exact) mass is 544 g/mol. The summed E-state index contributed by atoms with van der Waals surface area (Å²) >= 11 is 0. The van der Waals surface area contributed by atoms with Crippen LogP contribution in [-0.2, 0) is 25.7 Å². The van der Waals surface area contributed by atoms with Crippen LogP contribution >= 0.6 is 0 Å². The molecule has 2 aliphatic rings. The number of imide groups is 1. The molecule has 2 aliphatic heterocycles. The van der Waals surface area contributed by atoms with Crippen molar-refractivity contribution in [2.24, 2.45) is 0 Å². The van der Waals surface area contributed by atoms with Crippen LogP contribution in [0.2, 0.25) is 0 Å². The number of unbranched alkanes of at least 4 members (excludes halogenated alkanes) is 5. The highest BCUT2D eigenvalue weighted by atomic mass is 16.6. The number of rotatable bonds is 13. The molecule has 0 spiro atoms. The fourth-order valence-electron chi connectivity index (χ4n) is 4.58. The maximum Gasteiger partial charge on any atom is 0.407 e. The number of hydrogen-bond acceptors (Lipinski definition) is 7. The summed E-state index contributed by atoms with van der Waals surface area (Å²) in [5.41, 5.74) is 0.592. The molecule has 3 rings (SSSR count). The van der Waals surface area contributed by atoms with Crippen molar-refractivity contribution in [3.8, 4) is 5.75 Å². The zero-order chi connectivity index (χ0) is 28.4. The molecule has 0 aromatic heterocycles. The van der Waals surface area contributed by atoms with Crippen molar-refractivity contribution in [2.45, 2.75) is 90.3 Å². The molecule has 39 heavy (non-hydrogen) atoms. The maximum absolute atomic E-state index is 12.9. The van der Waals surface area contributed by atoms with Gasteiger partial charge in [0, 0.05) is 30.6 Å². The van der Waals surface area contributed by atoms with Crippen molar-refractivity contribution in [3.63, 3.8) is 0 Å². The highest BCUT2D eigenvalue weighted by molar-refractivity contribution is 6.05. The smallest absolute Gasteiger partial charge is 0.407 e. The number of nitrogens with zero attached hydrogens (tertiary/aromatic N) is 1. The second kappa shape index (κ2) is 14.0. The molecule has 0 radical (unpaired) electrons. The molecule has 0 saturated carbocycles. The average molecular weight is 545 g/mol. The largest absolute Gasteiger partial charge is 0.483 e. The number of alkyl carbamates (subject to hydrolysis) is 1. The van der Waals surface area contributed by atoms with Gasteiger partial charge in [-0.15, -0.1) is 0 Å². The summed E-state index contributed by atoms with van der Waals surface area (Å²) in [4.78, 5) is 61.9. The minimum absolute atomic E-state index is 0.173. The van der Waals surface area contributed by atoms with Crippen LogP contribution in [0.15, 0.2) is 18.2 Å². The molecule has 1 fully saturated rings. The topological polar surface area (TPSA) is 143 Å². The minimum atomic E-state index is -0.701. The third kappa shape index (κ3) is 9.26. The Morgan fingerprint density at radius 1 is 1.00 bits per heavy atom. The van der Waals surface area contributed by atoms with Crippen LogP contribution in [0, 0.1) is 0 Å². The third-order valence-corrected chi connectivity index (χ3v) is 6.49. The van der Waals surface area contributed by atoms with E-state index < -0.39 is 17.6 Å². The van der Waals surface area contributed by atoms with E-state index in [0.717, 1.165) is 38.5 Å². The second-order valence-corrected chi connectivity index (χ2v) is 10.9. The summed E-state index contributed by atoms with van der Waals surface area (Å²) < 4.78 is 10.9. The lowest BCUT2D eigenvalue weighted by Crippen LogP contribution is -2.52. The Hall–Kier alpha value is -3.63. The first-order valence-electron chi connectivity index (χ1n) is 13.7. The van der Waals surface area contributed by atoms with Gasteiger partial charge in [0.15, 0.2) is 6.61 Å². The van der Waals surface area contributed by atoms with Gasteiger partial charge in [-0.2, -0.15) is 0 Å². The van der Waals surface area contributed by atoms with E-state index in [4.69, 9.17) is 9.47 Å². The van der Waals surface area contributed by atoms with E-state index in [0.29, 0.717) is 30.0 Å². The SMILES string of the molecule is CC(C)(C)OC(=O)NCCCCCCCCNC(=O)COc1cccc2c1CN(C1CCC(=O)NC1=O)C2=O. The number of benzene rings is 1. The maximum atomic E-state index is 12.9.